The van der Waals surface area contributed by atoms with Gasteiger partial charge in [-0.15, -0.1) is 0 Å². The van der Waals surface area contributed by atoms with Crippen LogP contribution in [0.25, 0.3) is 28.6 Å². The Balaban J connectivity index is 2.01. The van der Waals surface area contributed by atoms with Crippen LogP contribution in [0.2, 0.25) is 0 Å². The van der Waals surface area contributed by atoms with Gasteiger partial charge in [0, 0.05) is 11.8 Å². The van der Waals surface area contributed by atoms with Crippen LogP contribution >= 0.6 is 0 Å². The number of pyridine rings is 1. The van der Waals surface area contributed by atoms with E-state index in [1.807, 2.05) is 16.7 Å². The van der Waals surface area contributed by atoms with E-state index >= 15 is 0 Å². The van der Waals surface area contributed by atoms with Gasteiger partial charge in [-0.05, 0) is 6.07 Å². The average Bonchev–Trinajstić information content (AvgIpc) is 3.12. The van der Waals surface area contributed by atoms with Crippen molar-refractivity contribution >= 4 is 17.1 Å². The molecule has 0 unspecified atom stereocenters. The Kier molecular flexibility index (Phi) is 1.24. The minimum Gasteiger partial charge on any atom is -0.378 e. The Hall–Kier alpha value is -2.76. The molecule has 4 aromatic heterocycles. The maximum Gasteiger partial charge on any atom is 0.386 e. The first kappa shape index (κ1) is 7.74. The summed E-state index contributed by atoms with van der Waals surface area (Å²) in [7, 11) is 0. The second-order valence-corrected chi connectivity index (χ2v) is 4.77. The van der Waals surface area contributed by atoms with Crippen molar-refractivity contribution in [3.05, 3.63) is 42.5 Å². The van der Waals surface area contributed by atoms with Gasteiger partial charge in [-0.3, -0.25) is 4.98 Å². The van der Waals surface area contributed by atoms with Gasteiger partial charge in [0.25, 0.3) is 0 Å². The maximum absolute atomic E-state index is 7.93. The minimum atomic E-state index is -2.38. The first-order valence-corrected chi connectivity index (χ1v) is 6.23. The number of hydrogen-bond donors (Lipinski definition) is 0. The summed E-state index contributed by atoms with van der Waals surface area (Å²) in [4.78, 5) is 8.40. The van der Waals surface area contributed by atoms with Crippen LogP contribution in [0.15, 0.2) is 41.3 Å². The van der Waals surface area contributed by atoms with Gasteiger partial charge < -0.3 is 4.42 Å². The van der Waals surface area contributed by atoms with Crippen molar-refractivity contribution < 1.29 is 17.5 Å². The predicted molar refractivity (Wildman–Crippen MR) is 68.7 cm³/mol. The molecule has 5 rings (SSSR count). The predicted octanol–water partition coefficient (Wildman–Crippen LogP) is 0.616. The molecule has 5 heterocycles. The van der Waals surface area contributed by atoms with Crippen molar-refractivity contribution in [2.45, 2.75) is 6.54 Å². The van der Waals surface area contributed by atoms with E-state index in [0.717, 1.165) is 5.56 Å². The third-order valence-corrected chi connectivity index (χ3v) is 3.70. The molecule has 0 amide bonds. The molecule has 0 aliphatic carbocycles. The van der Waals surface area contributed by atoms with Gasteiger partial charge in [0.2, 0.25) is 0 Å². The summed E-state index contributed by atoms with van der Waals surface area (Å²) in [6.45, 7) is -1.82. The summed E-state index contributed by atoms with van der Waals surface area (Å²) < 4.78 is 34.5. The first-order valence-electron chi connectivity index (χ1n) is 7.73. The average molecular weight is 268 g/mol. The number of nitrogens with zero attached hydrogens (tertiary/aromatic N) is 5. The molecule has 0 N–H and O–H groups in total. The normalized spacial score (nSPS) is 15.9. The largest absolute Gasteiger partial charge is 0.386 e. The summed E-state index contributed by atoms with van der Waals surface area (Å²) in [6, 6.07) is 3.81. The number of rotatable bonds is 0. The SMILES string of the molecule is [2H]C([2H])([2H])[n+]1c2n(c3c1oc1cncc[n+]13)Cc1cccnc1-2. The summed E-state index contributed by atoms with van der Waals surface area (Å²) >= 11 is 0. The number of fused-ring (bicyclic) bond motifs is 7. The highest BCUT2D eigenvalue weighted by molar-refractivity contribution is 5.69. The van der Waals surface area contributed by atoms with Crippen LogP contribution in [0.3, 0.4) is 0 Å². The molecule has 1 aliphatic heterocycles. The van der Waals surface area contributed by atoms with Gasteiger partial charge >= 0.3 is 22.9 Å². The second kappa shape index (κ2) is 3.22. The standard InChI is InChI=1S/C14H11N5O/c1-17-12-11-9(3-2-4-16-11)8-19(12)13-14(17)20-10-7-15-5-6-18(10)13/h2-7H,8H2,1H3/q+2/i1D3. The zero-order valence-corrected chi connectivity index (χ0v) is 10.3. The zero-order valence-electron chi connectivity index (χ0n) is 13.3. The minimum absolute atomic E-state index is 0.296. The van der Waals surface area contributed by atoms with Crippen LogP contribution < -0.4 is 8.97 Å². The highest BCUT2D eigenvalue weighted by atomic mass is 16.4. The molecule has 0 spiro atoms. The van der Waals surface area contributed by atoms with E-state index in [1.54, 1.807) is 29.2 Å². The molecule has 0 radical (unpaired) electrons. The highest BCUT2D eigenvalue weighted by Gasteiger charge is 2.39. The first-order chi connectivity index (χ1) is 11.1. The molecule has 96 valence electrons. The fraction of sp³-hybridized carbons (Fsp3) is 0.143. The number of aromatic nitrogens is 5. The van der Waals surface area contributed by atoms with Gasteiger partial charge in [0.1, 0.15) is 18.9 Å². The van der Waals surface area contributed by atoms with Crippen LogP contribution in [0.1, 0.15) is 9.68 Å². The zero-order chi connectivity index (χ0) is 15.8. The summed E-state index contributed by atoms with van der Waals surface area (Å²) in [6.07, 6.45) is 6.64. The Labute approximate surface area is 117 Å². The van der Waals surface area contributed by atoms with Gasteiger partial charge in [-0.1, -0.05) is 6.07 Å². The molecule has 0 saturated heterocycles. The molecular weight excluding hydrogens is 254 g/mol. The van der Waals surface area contributed by atoms with Gasteiger partial charge in [-0.25, -0.2) is 4.98 Å². The summed E-state index contributed by atoms with van der Waals surface area (Å²) in [5.74, 6) is 0.542. The number of imidazole rings is 1. The molecule has 0 atom stereocenters. The Morgan fingerprint density at radius 3 is 3.40 bits per heavy atom. The molecule has 0 aromatic carbocycles. The quantitative estimate of drug-likeness (QED) is 0.387. The van der Waals surface area contributed by atoms with E-state index in [2.05, 4.69) is 9.97 Å². The molecule has 1 aliphatic rings. The third kappa shape index (κ3) is 1.01. The smallest absolute Gasteiger partial charge is 0.378 e. The highest BCUT2D eigenvalue weighted by Crippen LogP contribution is 2.30. The van der Waals surface area contributed by atoms with Gasteiger partial charge in [0.05, 0.1) is 17.3 Å². The van der Waals surface area contributed by atoms with Gasteiger partial charge in [0.15, 0.2) is 5.69 Å². The van der Waals surface area contributed by atoms with Crippen molar-refractivity contribution in [3.63, 3.8) is 0 Å². The fourth-order valence-corrected chi connectivity index (χ4v) is 2.88. The molecule has 4 aromatic rings. The topological polar surface area (TPSA) is 51.8 Å². The second-order valence-electron chi connectivity index (χ2n) is 4.77. The lowest BCUT2D eigenvalue weighted by Crippen LogP contribution is -2.29. The van der Waals surface area contributed by atoms with Crippen molar-refractivity contribution in [2.75, 3.05) is 0 Å². The van der Waals surface area contributed by atoms with Crippen molar-refractivity contribution in [2.24, 2.45) is 6.98 Å². The molecule has 0 fully saturated rings. The maximum atomic E-state index is 7.93. The van der Waals surface area contributed by atoms with Crippen LogP contribution in [-0.2, 0) is 13.5 Å². The lowest BCUT2D eigenvalue weighted by Gasteiger charge is -1.92. The van der Waals surface area contributed by atoms with E-state index in [9.17, 15) is 0 Å². The van der Waals surface area contributed by atoms with Crippen LogP contribution in [-0.4, -0.2) is 14.5 Å². The van der Waals surface area contributed by atoms with E-state index in [-0.39, 0.29) is 0 Å². The number of hydrogen-bond acceptors (Lipinski definition) is 3. The monoisotopic (exact) mass is 268 g/mol. The number of aryl methyl sites for hydroxylation is 1. The van der Waals surface area contributed by atoms with Crippen LogP contribution in [0.5, 0.6) is 0 Å². The molecule has 0 saturated carbocycles. The van der Waals surface area contributed by atoms with Crippen LogP contribution in [0, 0.1) is 0 Å². The lowest BCUT2D eigenvalue weighted by atomic mass is 10.2. The Morgan fingerprint density at radius 1 is 1.45 bits per heavy atom. The summed E-state index contributed by atoms with van der Waals surface area (Å²) in [5, 5.41) is 0. The van der Waals surface area contributed by atoms with E-state index < -0.39 is 6.98 Å². The van der Waals surface area contributed by atoms with Crippen molar-refractivity contribution in [1.82, 2.24) is 14.5 Å². The molecule has 0 bridgehead atoms. The third-order valence-electron chi connectivity index (χ3n) is 3.70. The molecule has 6 nitrogen and oxygen atoms in total. The Bertz CT molecular complexity index is 1100. The summed E-state index contributed by atoms with van der Waals surface area (Å²) in [5.41, 5.74) is 3.15. The van der Waals surface area contributed by atoms with Gasteiger partial charge in [-0.2, -0.15) is 13.5 Å². The van der Waals surface area contributed by atoms with E-state index in [1.165, 1.54) is 4.57 Å². The fourth-order valence-electron chi connectivity index (χ4n) is 2.88. The number of oxazole rings is 1. The molecular formula is C14H11N5O+2. The lowest BCUT2D eigenvalue weighted by molar-refractivity contribution is -0.640. The van der Waals surface area contributed by atoms with Crippen LogP contribution in [0.4, 0.5) is 0 Å². The van der Waals surface area contributed by atoms with E-state index in [4.69, 9.17) is 8.53 Å². The van der Waals surface area contributed by atoms with E-state index in [0.29, 0.717) is 35.1 Å². The Morgan fingerprint density at radius 2 is 2.45 bits per heavy atom. The molecule has 6 heteroatoms. The van der Waals surface area contributed by atoms with Crippen molar-refractivity contribution in [1.29, 1.82) is 0 Å². The van der Waals surface area contributed by atoms with Crippen molar-refractivity contribution in [3.8, 4) is 11.5 Å². The molecule has 20 heavy (non-hydrogen) atoms.